The molecule has 1 aromatic carbocycles. The first kappa shape index (κ1) is 21.4. The molecule has 7 nitrogen and oxygen atoms in total. The Morgan fingerprint density at radius 3 is 2.52 bits per heavy atom. The third-order valence-electron chi connectivity index (χ3n) is 3.61. The van der Waals surface area contributed by atoms with Gasteiger partial charge < -0.3 is 19.5 Å². The quantitative estimate of drug-likeness (QED) is 0.557. The van der Waals surface area contributed by atoms with Gasteiger partial charge in [-0.2, -0.15) is 5.10 Å². The number of ether oxygens (including phenoxy) is 1. The van der Waals surface area contributed by atoms with Crippen LogP contribution >= 0.6 is 11.6 Å². The van der Waals surface area contributed by atoms with Gasteiger partial charge >= 0.3 is 0 Å². The standard InChI is InChI=1S/C18H22ClN3O4S/c1-18(2,3)27(25)22-14(12-6-5-11(26-4)9-15(12)23)10-16(24)13-7-8-17(19)21-20-13/h5-9,16,23-24H,10H2,1-4H3. The Labute approximate surface area is 166 Å². The van der Waals surface area contributed by atoms with Crippen LogP contribution in [-0.4, -0.2) is 42.5 Å². The summed E-state index contributed by atoms with van der Waals surface area (Å²) in [5, 5.41) is 28.6. The van der Waals surface area contributed by atoms with E-state index in [0.29, 0.717) is 17.0 Å². The van der Waals surface area contributed by atoms with Crippen molar-refractivity contribution in [3.05, 3.63) is 46.7 Å². The molecule has 0 amide bonds. The number of aromatic hydroxyl groups is 1. The van der Waals surface area contributed by atoms with E-state index in [0.717, 1.165) is 0 Å². The van der Waals surface area contributed by atoms with Crippen LogP contribution in [0.3, 0.4) is 0 Å². The summed E-state index contributed by atoms with van der Waals surface area (Å²) in [5.41, 5.74) is 0.934. The molecular formula is C18H22ClN3O4S. The Morgan fingerprint density at radius 1 is 1.30 bits per heavy atom. The SMILES string of the molecule is COc1ccc(C(CC(O)c2ccc(Cl)nn2)=N[S+]([O-])C(C)(C)C)c(O)c1. The summed E-state index contributed by atoms with van der Waals surface area (Å²) in [7, 11) is 1.49. The molecule has 27 heavy (non-hydrogen) atoms. The first-order valence-corrected chi connectivity index (χ1v) is 9.64. The molecule has 2 aromatic rings. The van der Waals surface area contributed by atoms with E-state index in [2.05, 4.69) is 14.6 Å². The van der Waals surface area contributed by atoms with Crippen LogP contribution in [0.15, 0.2) is 34.7 Å². The van der Waals surface area contributed by atoms with Crippen molar-refractivity contribution in [2.24, 2.45) is 4.40 Å². The van der Waals surface area contributed by atoms with Crippen molar-refractivity contribution in [2.45, 2.75) is 38.0 Å². The lowest BCUT2D eigenvalue weighted by Gasteiger charge is -2.20. The molecule has 146 valence electrons. The van der Waals surface area contributed by atoms with Crippen LogP contribution in [0.1, 0.15) is 44.6 Å². The molecule has 0 aliphatic heterocycles. The highest BCUT2D eigenvalue weighted by atomic mass is 35.5. The predicted octanol–water partition coefficient (Wildman–Crippen LogP) is 3.22. The van der Waals surface area contributed by atoms with Gasteiger partial charge in [-0.3, -0.25) is 0 Å². The van der Waals surface area contributed by atoms with Crippen LogP contribution in [0.5, 0.6) is 11.5 Å². The molecule has 0 aliphatic carbocycles. The van der Waals surface area contributed by atoms with Gasteiger partial charge in [0.05, 0.1) is 12.8 Å². The largest absolute Gasteiger partial charge is 0.591 e. The van der Waals surface area contributed by atoms with E-state index >= 15 is 0 Å². The molecular weight excluding hydrogens is 390 g/mol. The molecule has 1 aromatic heterocycles. The second kappa shape index (κ2) is 8.88. The fourth-order valence-electron chi connectivity index (χ4n) is 2.11. The highest BCUT2D eigenvalue weighted by Gasteiger charge is 2.29. The zero-order valence-corrected chi connectivity index (χ0v) is 17.1. The van der Waals surface area contributed by atoms with Gasteiger partial charge in [0.1, 0.15) is 39.4 Å². The molecule has 0 spiro atoms. The monoisotopic (exact) mass is 411 g/mol. The summed E-state index contributed by atoms with van der Waals surface area (Å²) >= 11 is 4.14. The third kappa shape index (κ3) is 5.80. The van der Waals surface area contributed by atoms with E-state index in [1.165, 1.54) is 19.2 Å². The first-order chi connectivity index (χ1) is 12.6. The fraction of sp³-hybridized carbons (Fsp3) is 0.389. The van der Waals surface area contributed by atoms with Crippen LogP contribution in [0.4, 0.5) is 0 Å². The van der Waals surface area contributed by atoms with E-state index in [9.17, 15) is 14.8 Å². The Hall–Kier alpha value is -1.87. The Kier molecular flexibility index (Phi) is 7.05. The third-order valence-corrected chi connectivity index (χ3v) is 5.25. The van der Waals surface area contributed by atoms with E-state index in [4.69, 9.17) is 16.3 Å². The molecule has 0 saturated heterocycles. The molecule has 1 heterocycles. The van der Waals surface area contributed by atoms with Gasteiger partial charge in [0, 0.05) is 18.1 Å². The second-order valence-corrected chi connectivity index (χ2v) is 9.08. The minimum atomic E-state index is -1.58. The molecule has 0 aliphatic rings. The summed E-state index contributed by atoms with van der Waals surface area (Å²) in [6.45, 7) is 5.37. The predicted molar refractivity (Wildman–Crippen MR) is 106 cm³/mol. The Balaban J connectivity index is 2.41. The summed E-state index contributed by atoms with van der Waals surface area (Å²) in [4.78, 5) is 0. The van der Waals surface area contributed by atoms with Crippen molar-refractivity contribution in [1.82, 2.24) is 10.2 Å². The number of halogens is 1. The molecule has 2 rings (SSSR count). The van der Waals surface area contributed by atoms with E-state index < -0.39 is 22.2 Å². The van der Waals surface area contributed by atoms with Crippen LogP contribution < -0.4 is 4.74 Å². The summed E-state index contributed by atoms with van der Waals surface area (Å²) < 4.78 is 21.3. The van der Waals surface area contributed by atoms with Crippen LogP contribution in [0.2, 0.25) is 5.15 Å². The second-order valence-electron chi connectivity index (χ2n) is 6.78. The van der Waals surface area contributed by atoms with Crippen molar-refractivity contribution in [3.8, 4) is 11.5 Å². The van der Waals surface area contributed by atoms with Crippen molar-refractivity contribution in [1.29, 1.82) is 0 Å². The number of phenols is 1. The maximum atomic E-state index is 12.5. The van der Waals surface area contributed by atoms with Crippen molar-refractivity contribution in [2.75, 3.05) is 7.11 Å². The molecule has 0 fully saturated rings. The topological polar surface area (TPSA) is 111 Å². The zero-order chi connectivity index (χ0) is 20.2. The number of aromatic nitrogens is 2. The average Bonchev–Trinajstić information content (AvgIpc) is 2.60. The number of methoxy groups -OCH3 is 1. The lowest BCUT2D eigenvalue weighted by molar-refractivity contribution is 0.180. The Bertz CT molecular complexity index is 809. The number of hydrogen-bond donors (Lipinski definition) is 2. The average molecular weight is 412 g/mol. The van der Waals surface area contributed by atoms with Gasteiger partial charge in [-0.25, -0.2) is 0 Å². The van der Waals surface area contributed by atoms with Gasteiger partial charge in [-0.15, -0.1) is 5.10 Å². The first-order valence-electron chi connectivity index (χ1n) is 8.16. The van der Waals surface area contributed by atoms with Gasteiger partial charge in [0.15, 0.2) is 5.15 Å². The number of benzene rings is 1. The lowest BCUT2D eigenvalue weighted by Crippen LogP contribution is -2.27. The minimum Gasteiger partial charge on any atom is -0.591 e. The molecule has 2 unspecified atom stereocenters. The van der Waals surface area contributed by atoms with Crippen LogP contribution in [0, 0.1) is 0 Å². The van der Waals surface area contributed by atoms with Crippen molar-refractivity contribution < 1.29 is 19.5 Å². The van der Waals surface area contributed by atoms with Gasteiger partial charge in [0.2, 0.25) is 0 Å². The van der Waals surface area contributed by atoms with Gasteiger partial charge in [-0.1, -0.05) is 16.0 Å². The van der Waals surface area contributed by atoms with E-state index in [1.807, 2.05) is 0 Å². The molecule has 0 bridgehead atoms. The highest BCUT2D eigenvalue weighted by molar-refractivity contribution is 7.91. The number of rotatable bonds is 6. The van der Waals surface area contributed by atoms with Gasteiger partial charge in [-0.05, 0) is 45.0 Å². The molecule has 2 atom stereocenters. The number of phenolic OH excluding ortho intramolecular Hbond substituents is 1. The summed E-state index contributed by atoms with van der Waals surface area (Å²) in [6.07, 6.45) is -1.08. The van der Waals surface area contributed by atoms with Crippen molar-refractivity contribution in [3.63, 3.8) is 0 Å². The smallest absolute Gasteiger partial charge is 0.151 e. The molecule has 9 heteroatoms. The van der Waals surface area contributed by atoms with Crippen LogP contribution in [-0.2, 0) is 11.4 Å². The number of hydrogen-bond acceptors (Lipinski definition) is 7. The molecule has 0 saturated carbocycles. The number of nitrogens with zero attached hydrogens (tertiary/aromatic N) is 3. The summed E-state index contributed by atoms with van der Waals surface area (Å²) in [6, 6.07) is 7.75. The van der Waals surface area contributed by atoms with E-state index in [-0.39, 0.29) is 23.0 Å². The van der Waals surface area contributed by atoms with E-state index in [1.54, 1.807) is 39.0 Å². The summed E-state index contributed by atoms with van der Waals surface area (Å²) in [5.74, 6) is 0.380. The normalized spacial score (nSPS) is 14.7. The minimum absolute atomic E-state index is 0.0159. The van der Waals surface area contributed by atoms with Crippen molar-refractivity contribution >= 4 is 28.7 Å². The maximum Gasteiger partial charge on any atom is 0.151 e. The number of aliphatic hydroxyl groups is 1. The molecule has 2 N–H and O–H groups in total. The zero-order valence-electron chi connectivity index (χ0n) is 15.5. The van der Waals surface area contributed by atoms with Gasteiger partial charge in [0.25, 0.3) is 0 Å². The highest BCUT2D eigenvalue weighted by Crippen LogP contribution is 2.29. The lowest BCUT2D eigenvalue weighted by atomic mass is 10.0. The van der Waals surface area contributed by atoms with Crippen LogP contribution in [0.25, 0.3) is 0 Å². The maximum absolute atomic E-state index is 12.5. The molecule has 0 radical (unpaired) electrons. The fourth-order valence-corrected chi connectivity index (χ4v) is 2.86. The number of aliphatic hydroxyl groups excluding tert-OH is 1. The Morgan fingerprint density at radius 2 is 2.00 bits per heavy atom.